The van der Waals surface area contributed by atoms with Crippen LogP contribution in [0.15, 0.2) is 0 Å². The van der Waals surface area contributed by atoms with Gasteiger partial charge in [-0.05, 0) is 44.7 Å². The lowest BCUT2D eigenvalue weighted by Gasteiger charge is -2.34. The zero-order chi connectivity index (χ0) is 14.4. The zero-order valence-corrected chi connectivity index (χ0v) is 12.7. The molecular formula is C15H29N3O2. The van der Waals surface area contributed by atoms with Gasteiger partial charge < -0.3 is 20.7 Å². The fraction of sp³-hybridized carbons (Fsp3) is 0.933. The molecule has 2 rings (SSSR count). The highest BCUT2D eigenvalue weighted by molar-refractivity contribution is 5.85. The van der Waals surface area contributed by atoms with Crippen LogP contribution in [-0.4, -0.2) is 55.7 Å². The average molecular weight is 283 g/mol. The van der Waals surface area contributed by atoms with E-state index < -0.39 is 5.54 Å². The summed E-state index contributed by atoms with van der Waals surface area (Å²) in [5, 5.41) is 3.39. The fourth-order valence-corrected chi connectivity index (χ4v) is 3.79. The average Bonchev–Trinajstić information content (AvgIpc) is 2.67. The van der Waals surface area contributed by atoms with Crippen LogP contribution in [0, 0.1) is 5.92 Å². The molecule has 5 nitrogen and oxygen atoms in total. The van der Waals surface area contributed by atoms with Crippen LogP contribution in [-0.2, 0) is 9.53 Å². The van der Waals surface area contributed by atoms with E-state index in [9.17, 15) is 4.79 Å². The highest BCUT2D eigenvalue weighted by Crippen LogP contribution is 2.38. The van der Waals surface area contributed by atoms with E-state index in [-0.39, 0.29) is 5.91 Å². The number of nitrogens with two attached hydrogens (primary N) is 1. The van der Waals surface area contributed by atoms with Crippen molar-refractivity contribution in [3.63, 3.8) is 0 Å². The molecule has 1 heterocycles. The maximum atomic E-state index is 12.0. The fourth-order valence-electron chi connectivity index (χ4n) is 3.79. The topological polar surface area (TPSA) is 67.6 Å². The number of hydrogen-bond donors (Lipinski definition) is 2. The Morgan fingerprint density at radius 2 is 2.25 bits per heavy atom. The number of likely N-dealkylation sites (N-methyl/N-ethyl adjacent to an activating group) is 1. The first-order valence-corrected chi connectivity index (χ1v) is 8.04. The Bertz CT molecular complexity index is 316. The number of ether oxygens (including phenoxy) is 1. The van der Waals surface area contributed by atoms with Gasteiger partial charge in [-0.2, -0.15) is 0 Å². The lowest BCUT2D eigenvalue weighted by atomic mass is 9.83. The Morgan fingerprint density at radius 3 is 3.00 bits per heavy atom. The van der Waals surface area contributed by atoms with E-state index >= 15 is 0 Å². The number of rotatable bonds is 6. The third kappa shape index (κ3) is 3.51. The highest BCUT2D eigenvalue weighted by atomic mass is 16.5. The smallest absolute Gasteiger partial charge is 0.238 e. The Morgan fingerprint density at radius 1 is 1.40 bits per heavy atom. The van der Waals surface area contributed by atoms with Crippen LogP contribution < -0.4 is 11.1 Å². The lowest BCUT2D eigenvalue weighted by Crippen LogP contribution is -2.58. The third-order valence-corrected chi connectivity index (χ3v) is 4.86. The van der Waals surface area contributed by atoms with Crippen LogP contribution in [0.5, 0.6) is 0 Å². The molecule has 1 aliphatic carbocycles. The van der Waals surface area contributed by atoms with E-state index in [4.69, 9.17) is 10.5 Å². The SMILES string of the molecule is CCNC1(C(N)=O)CCCC1CCN1CCCOCC1. The Hall–Kier alpha value is -0.650. The monoisotopic (exact) mass is 283 g/mol. The summed E-state index contributed by atoms with van der Waals surface area (Å²) in [7, 11) is 0. The van der Waals surface area contributed by atoms with Crippen LogP contribution in [0.3, 0.4) is 0 Å². The minimum Gasteiger partial charge on any atom is -0.380 e. The number of primary amides is 1. The molecule has 1 saturated heterocycles. The van der Waals surface area contributed by atoms with Gasteiger partial charge in [0.15, 0.2) is 0 Å². The number of nitrogens with one attached hydrogen (secondary N) is 1. The first kappa shape index (κ1) is 15.7. The van der Waals surface area contributed by atoms with Crippen molar-refractivity contribution in [2.45, 2.75) is 44.6 Å². The summed E-state index contributed by atoms with van der Waals surface area (Å²) < 4.78 is 5.49. The first-order chi connectivity index (χ1) is 9.69. The molecule has 3 N–H and O–H groups in total. The summed E-state index contributed by atoms with van der Waals surface area (Å²) in [4.78, 5) is 14.4. The van der Waals surface area contributed by atoms with Crippen LogP contribution in [0.2, 0.25) is 0 Å². The van der Waals surface area contributed by atoms with Gasteiger partial charge in [0, 0.05) is 19.7 Å². The van der Waals surface area contributed by atoms with E-state index in [2.05, 4.69) is 10.2 Å². The predicted octanol–water partition coefficient (Wildman–Crippen LogP) is 0.732. The second-order valence-corrected chi connectivity index (χ2v) is 6.05. The van der Waals surface area contributed by atoms with E-state index in [0.717, 1.165) is 71.5 Å². The molecule has 0 radical (unpaired) electrons. The molecule has 1 amide bonds. The molecule has 116 valence electrons. The molecule has 0 aromatic rings. The van der Waals surface area contributed by atoms with Crippen molar-refractivity contribution in [3.05, 3.63) is 0 Å². The van der Waals surface area contributed by atoms with Crippen molar-refractivity contribution in [1.82, 2.24) is 10.2 Å². The Balaban J connectivity index is 1.91. The summed E-state index contributed by atoms with van der Waals surface area (Å²) in [6, 6.07) is 0. The van der Waals surface area contributed by atoms with E-state index in [1.165, 1.54) is 0 Å². The second kappa shape index (κ2) is 7.38. The zero-order valence-electron chi connectivity index (χ0n) is 12.7. The molecule has 20 heavy (non-hydrogen) atoms. The van der Waals surface area contributed by atoms with Crippen molar-refractivity contribution < 1.29 is 9.53 Å². The van der Waals surface area contributed by atoms with Gasteiger partial charge >= 0.3 is 0 Å². The molecule has 2 fully saturated rings. The largest absolute Gasteiger partial charge is 0.380 e. The number of amides is 1. The van der Waals surface area contributed by atoms with Crippen molar-refractivity contribution in [2.24, 2.45) is 11.7 Å². The van der Waals surface area contributed by atoms with Crippen molar-refractivity contribution in [3.8, 4) is 0 Å². The summed E-state index contributed by atoms with van der Waals surface area (Å²) in [6.45, 7) is 7.73. The van der Waals surface area contributed by atoms with Crippen molar-refractivity contribution >= 4 is 5.91 Å². The molecule has 2 atom stereocenters. The van der Waals surface area contributed by atoms with Gasteiger partial charge in [0.25, 0.3) is 0 Å². The van der Waals surface area contributed by atoms with Gasteiger partial charge in [-0.15, -0.1) is 0 Å². The standard InChI is InChI=1S/C15H29N3O2/c1-2-17-15(14(16)19)7-3-5-13(15)6-9-18-8-4-11-20-12-10-18/h13,17H,2-12H2,1H3,(H2,16,19). The van der Waals surface area contributed by atoms with Crippen molar-refractivity contribution in [2.75, 3.05) is 39.4 Å². The molecule has 2 unspecified atom stereocenters. The molecular weight excluding hydrogens is 254 g/mol. The maximum absolute atomic E-state index is 12.0. The number of carbonyl (C=O) groups is 1. The van der Waals surface area contributed by atoms with E-state index in [0.29, 0.717) is 5.92 Å². The lowest BCUT2D eigenvalue weighted by molar-refractivity contribution is -0.126. The van der Waals surface area contributed by atoms with Crippen LogP contribution in [0.4, 0.5) is 0 Å². The molecule has 0 aromatic heterocycles. The van der Waals surface area contributed by atoms with Crippen LogP contribution in [0.1, 0.15) is 39.0 Å². The van der Waals surface area contributed by atoms with Crippen LogP contribution in [0.25, 0.3) is 0 Å². The molecule has 0 spiro atoms. The molecule has 0 aromatic carbocycles. The summed E-state index contributed by atoms with van der Waals surface area (Å²) in [5.74, 6) is 0.213. The van der Waals surface area contributed by atoms with Gasteiger partial charge in [-0.3, -0.25) is 4.79 Å². The van der Waals surface area contributed by atoms with E-state index in [1.54, 1.807) is 0 Å². The molecule has 0 bridgehead atoms. The molecule has 5 heteroatoms. The van der Waals surface area contributed by atoms with Gasteiger partial charge in [0.2, 0.25) is 5.91 Å². The third-order valence-electron chi connectivity index (χ3n) is 4.86. The summed E-state index contributed by atoms with van der Waals surface area (Å²) in [6.07, 6.45) is 5.27. The Kier molecular flexibility index (Phi) is 5.81. The minimum atomic E-state index is -0.461. The minimum absolute atomic E-state index is 0.166. The quantitative estimate of drug-likeness (QED) is 0.754. The van der Waals surface area contributed by atoms with Gasteiger partial charge in [-0.25, -0.2) is 0 Å². The van der Waals surface area contributed by atoms with Gasteiger partial charge in [-0.1, -0.05) is 13.3 Å². The van der Waals surface area contributed by atoms with Crippen molar-refractivity contribution in [1.29, 1.82) is 0 Å². The number of carbonyl (C=O) groups excluding carboxylic acids is 1. The van der Waals surface area contributed by atoms with E-state index in [1.807, 2.05) is 6.92 Å². The number of hydrogen-bond acceptors (Lipinski definition) is 4. The normalized spacial score (nSPS) is 32.1. The maximum Gasteiger partial charge on any atom is 0.238 e. The summed E-state index contributed by atoms with van der Waals surface area (Å²) in [5.41, 5.74) is 5.25. The summed E-state index contributed by atoms with van der Waals surface area (Å²) >= 11 is 0. The van der Waals surface area contributed by atoms with Crippen LogP contribution >= 0.6 is 0 Å². The second-order valence-electron chi connectivity index (χ2n) is 6.05. The van der Waals surface area contributed by atoms with Gasteiger partial charge in [0.05, 0.1) is 6.61 Å². The number of nitrogens with zero attached hydrogens (tertiary/aromatic N) is 1. The molecule has 1 saturated carbocycles. The first-order valence-electron chi connectivity index (χ1n) is 8.04. The Labute approximate surface area is 122 Å². The molecule has 2 aliphatic rings. The predicted molar refractivity (Wildman–Crippen MR) is 79.4 cm³/mol. The molecule has 1 aliphatic heterocycles. The highest BCUT2D eigenvalue weighted by Gasteiger charge is 2.46. The van der Waals surface area contributed by atoms with Gasteiger partial charge in [0.1, 0.15) is 5.54 Å².